The highest BCUT2D eigenvalue weighted by molar-refractivity contribution is 6.32. The van der Waals surface area contributed by atoms with Crippen molar-refractivity contribution in [3.63, 3.8) is 0 Å². The summed E-state index contributed by atoms with van der Waals surface area (Å²) >= 11 is 6.34. The fourth-order valence-electron chi connectivity index (χ4n) is 3.73. The second kappa shape index (κ2) is 10.6. The summed E-state index contributed by atoms with van der Waals surface area (Å²) in [6.45, 7) is 4.06. The number of nitrogens with one attached hydrogen (secondary N) is 1. The van der Waals surface area contributed by atoms with Gasteiger partial charge < -0.3 is 24.6 Å². The van der Waals surface area contributed by atoms with Crippen LogP contribution in [-0.4, -0.2) is 56.0 Å². The average molecular weight is 474 g/mol. The van der Waals surface area contributed by atoms with Crippen molar-refractivity contribution < 1.29 is 23.9 Å². The van der Waals surface area contributed by atoms with E-state index in [1.54, 1.807) is 49.2 Å². The van der Waals surface area contributed by atoms with Crippen molar-refractivity contribution in [3.8, 4) is 11.5 Å². The van der Waals surface area contributed by atoms with Crippen LogP contribution in [0.5, 0.6) is 11.5 Å². The van der Waals surface area contributed by atoms with E-state index < -0.39 is 5.91 Å². The van der Waals surface area contributed by atoms with Gasteiger partial charge in [0.05, 0.1) is 30.1 Å². The van der Waals surface area contributed by atoms with Gasteiger partial charge in [-0.05, 0) is 37.6 Å². The number of carbonyl (C=O) groups excluding carboxylic acids is 3. The molecule has 0 saturated heterocycles. The maximum atomic E-state index is 13.3. The highest BCUT2D eigenvalue weighted by Crippen LogP contribution is 2.37. The summed E-state index contributed by atoms with van der Waals surface area (Å²) in [6.07, 6.45) is 0.953. The number of hydrogen-bond donors (Lipinski definition) is 1. The average Bonchev–Trinajstić information content (AvgIpc) is 2.91. The molecule has 8 nitrogen and oxygen atoms in total. The highest BCUT2D eigenvalue weighted by atomic mass is 35.5. The Balaban J connectivity index is 1.82. The van der Waals surface area contributed by atoms with Crippen LogP contribution in [0, 0.1) is 0 Å². The van der Waals surface area contributed by atoms with Crippen LogP contribution in [0.25, 0.3) is 0 Å². The summed E-state index contributed by atoms with van der Waals surface area (Å²) in [6, 6.07) is 9.80. The topological polar surface area (TPSA) is 88.2 Å². The molecule has 0 fully saturated rings. The number of likely N-dealkylation sites (N-methyl/N-ethyl adjacent to an activating group) is 1. The van der Waals surface area contributed by atoms with Gasteiger partial charge in [0.25, 0.3) is 5.91 Å². The minimum absolute atomic E-state index is 0.157. The SMILES string of the molecule is CCCOc1c(Cl)cc(C(=O)N(C)CC(=O)N2c3ccccc3NC(=O)C[C@@H]2C)cc1OC. The second-order valence-electron chi connectivity index (χ2n) is 7.88. The zero-order valence-electron chi connectivity index (χ0n) is 19.2. The Morgan fingerprint density at radius 2 is 2.00 bits per heavy atom. The largest absolute Gasteiger partial charge is 0.493 e. The number of nitrogens with zero attached hydrogens (tertiary/aromatic N) is 2. The van der Waals surface area contributed by atoms with Gasteiger partial charge in [0.2, 0.25) is 11.8 Å². The molecule has 2 aromatic rings. The fraction of sp³-hybridized carbons (Fsp3) is 0.375. The molecular weight excluding hydrogens is 446 g/mol. The van der Waals surface area contributed by atoms with Crippen LogP contribution in [0.15, 0.2) is 36.4 Å². The number of ether oxygens (including phenoxy) is 2. The van der Waals surface area contributed by atoms with Crippen LogP contribution >= 0.6 is 11.6 Å². The molecule has 1 atom stereocenters. The summed E-state index contributed by atoms with van der Waals surface area (Å²) in [5.41, 5.74) is 1.44. The number of carbonyl (C=O) groups is 3. The first-order valence-corrected chi connectivity index (χ1v) is 11.1. The smallest absolute Gasteiger partial charge is 0.254 e. The van der Waals surface area contributed by atoms with E-state index in [-0.39, 0.29) is 41.4 Å². The molecule has 0 spiro atoms. The first-order chi connectivity index (χ1) is 15.8. The molecule has 1 heterocycles. The van der Waals surface area contributed by atoms with Crippen molar-refractivity contribution >= 4 is 40.7 Å². The van der Waals surface area contributed by atoms with E-state index in [0.717, 1.165) is 6.42 Å². The number of methoxy groups -OCH3 is 1. The Morgan fingerprint density at radius 3 is 2.70 bits per heavy atom. The monoisotopic (exact) mass is 473 g/mol. The van der Waals surface area contributed by atoms with E-state index in [9.17, 15) is 14.4 Å². The van der Waals surface area contributed by atoms with Crippen molar-refractivity contribution in [1.29, 1.82) is 0 Å². The van der Waals surface area contributed by atoms with Crippen LogP contribution in [0.1, 0.15) is 37.0 Å². The molecular formula is C24H28ClN3O5. The number of rotatable bonds is 7. The van der Waals surface area contributed by atoms with Gasteiger partial charge >= 0.3 is 0 Å². The van der Waals surface area contributed by atoms with Gasteiger partial charge in [-0.2, -0.15) is 0 Å². The first-order valence-electron chi connectivity index (χ1n) is 10.7. The van der Waals surface area contributed by atoms with Crippen LogP contribution in [0.4, 0.5) is 11.4 Å². The third kappa shape index (κ3) is 5.39. The second-order valence-corrected chi connectivity index (χ2v) is 8.29. The standard InChI is InChI=1S/C24H28ClN3O5/c1-5-10-33-23-17(25)12-16(13-20(23)32-4)24(31)27(3)14-22(30)28-15(2)11-21(29)26-18-8-6-7-9-19(18)28/h6-9,12-13,15H,5,10-11,14H2,1-4H3,(H,26,29)/t15-/m0/s1. The molecule has 3 amide bonds. The van der Waals surface area contributed by atoms with E-state index >= 15 is 0 Å². The lowest BCUT2D eigenvalue weighted by Gasteiger charge is -2.29. The van der Waals surface area contributed by atoms with Crippen LogP contribution in [0.2, 0.25) is 5.02 Å². The molecule has 0 unspecified atom stereocenters. The van der Waals surface area contributed by atoms with Gasteiger partial charge in [0, 0.05) is 25.1 Å². The van der Waals surface area contributed by atoms with E-state index in [2.05, 4.69) is 5.32 Å². The normalized spacial score (nSPS) is 15.2. The zero-order chi connectivity index (χ0) is 24.1. The molecule has 0 saturated carbocycles. The summed E-state index contributed by atoms with van der Waals surface area (Å²) < 4.78 is 11.0. The molecule has 9 heteroatoms. The molecule has 33 heavy (non-hydrogen) atoms. The minimum Gasteiger partial charge on any atom is -0.493 e. The predicted octanol–water partition coefficient (Wildman–Crippen LogP) is 3.97. The molecule has 1 aliphatic rings. The lowest BCUT2D eigenvalue weighted by Crippen LogP contribution is -2.45. The number of halogens is 1. The van der Waals surface area contributed by atoms with Gasteiger partial charge in [-0.3, -0.25) is 14.4 Å². The Bertz CT molecular complexity index is 1060. The molecule has 2 aromatic carbocycles. The third-order valence-electron chi connectivity index (χ3n) is 5.27. The molecule has 3 rings (SSSR count). The Hall–Kier alpha value is -3.26. The van der Waals surface area contributed by atoms with Crippen molar-refractivity contribution in [3.05, 3.63) is 47.0 Å². The van der Waals surface area contributed by atoms with E-state index in [1.165, 1.54) is 18.1 Å². The lowest BCUT2D eigenvalue weighted by molar-refractivity contribution is -0.119. The third-order valence-corrected chi connectivity index (χ3v) is 5.55. The van der Waals surface area contributed by atoms with E-state index in [0.29, 0.717) is 29.5 Å². The minimum atomic E-state index is -0.393. The summed E-state index contributed by atoms with van der Waals surface area (Å²) in [5, 5.41) is 3.08. The number of fused-ring (bicyclic) bond motifs is 1. The van der Waals surface area contributed by atoms with Gasteiger partial charge in [-0.15, -0.1) is 0 Å². The Morgan fingerprint density at radius 1 is 1.27 bits per heavy atom. The molecule has 0 aliphatic carbocycles. The molecule has 0 radical (unpaired) electrons. The Kier molecular flexibility index (Phi) is 7.81. The van der Waals surface area contributed by atoms with Crippen LogP contribution in [0.3, 0.4) is 0 Å². The molecule has 1 aliphatic heterocycles. The van der Waals surface area contributed by atoms with E-state index in [4.69, 9.17) is 21.1 Å². The molecule has 0 aromatic heterocycles. The molecule has 1 N–H and O–H groups in total. The molecule has 0 bridgehead atoms. The van der Waals surface area contributed by atoms with Crippen molar-refractivity contribution in [2.75, 3.05) is 37.5 Å². The quantitative estimate of drug-likeness (QED) is 0.657. The Labute approximate surface area is 198 Å². The van der Waals surface area contributed by atoms with Crippen molar-refractivity contribution in [2.45, 2.75) is 32.7 Å². The van der Waals surface area contributed by atoms with Gasteiger partial charge in [-0.1, -0.05) is 30.7 Å². The number of amides is 3. The summed E-state index contributed by atoms with van der Waals surface area (Å²) in [5.74, 6) is -0.136. The van der Waals surface area contributed by atoms with Crippen LogP contribution < -0.4 is 19.7 Å². The number of anilines is 2. The van der Waals surface area contributed by atoms with Gasteiger partial charge in [0.1, 0.15) is 6.54 Å². The lowest BCUT2D eigenvalue weighted by atomic mass is 10.1. The number of benzene rings is 2. The number of hydrogen-bond acceptors (Lipinski definition) is 5. The van der Waals surface area contributed by atoms with Crippen molar-refractivity contribution in [1.82, 2.24) is 4.90 Å². The molecule has 176 valence electrons. The predicted molar refractivity (Wildman–Crippen MR) is 127 cm³/mol. The van der Waals surface area contributed by atoms with Crippen LogP contribution in [-0.2, 0) is 9.59 Å². The summed E-state index contributed by atoms with van der Waals surface area (Å²) in [4.78, 5) is 41.4. The van der Waals surface area contributed by atoms with Gasteiger partial charge in [-0.25, -0.2) is 0 Å². The maximum absolute atomic E-state index is 13.3. The maximum Gasteiger partial charge on any atom is 0.254 e. The van der Waals surface area contributed by atoms with E-state index in [1.807, 2.05) is 6.92 Å². The van der Waals surface area contributed by atoms with Crippen molar-refractivity contribution in [2.24, 2.45) is 0 Å². The first kappa shape index (κ1) is 24.4. The fourth-order valence-corrected chi connectivity index (χ4v) is 3.99. The zero-order valence-corrected chi connectivity index (χ0v) is 19.9. The van der Waals surface area contributed by atoms with Gasteiger partial charge in [0.15, 0.2) is 11.5 Å². The number of para-hydroxylation sites is 2. The summed E-state index contributed by atoms with van der Waals surface area (Å²) in [7, 11) is 3.01. The highest BCUT2D eigenvalue weighted by Gasteiger charge is 2.31.